The predicted molar refractivity (Wildman–Crippen MR) is 138 cm³/mol. The maximum Gasteiger partial charge on any atom is 0.224 e. The fourth-order valence-electron chi connectivity index (χ4n) is 4.27. The smallest absolute Gasteiger partial charge is 0.224 e. The van der Waals surface area contributed by atoms with Crippen molar-refractivity contribution in [3.63, 3.8) is 0 Å². The van der Waals surface area contributed by atoms with Crippen LogP contribution in [0.3, 0.4) is 0 Å². The molecular formula is C24H35FN6O5S. The van der Waals surface area contributed by atoms with Crippen LogP contribution in [0.5, 0.6) is 5.75 Å². The maximum absolute atomic E-state index is 13.7. The number of nitrogens with one attached hydrogen (secondary N) is 1. The van der Waals surface area contributed by atoms with Crippen LogP contribution in [-0.2, 0) is 10.0 Å². The van der Waals surface area contributed by atoms with Gasteiger partial charge >= 0.3 is 0 Å². The summed E-state index contributed by atoms with van der Waals surface area (Å²) >= 11 is 0. The van der Waals surface area contributed by atoms with Gasteiger partial charge in [-0.15, -0.1) is 0 Å². The van der Waals surface area contributed by atoms with E-state index in [2.05, 4.69) is 15.3 Å². The van der Waals surface area contributed by atoms with Gasteiger partial charge in [0, 0.05) is 38.4 Å². The summed E-state index contributed by atoms with van der Waals surface area (Å²) in [5.41, 5.74) is 6.05. The van der Waals surface area contributed by atoms with Crippen molar-refractivity contribution >= 4 is 27.6 Å². The quantitative estimate of drug-likeness (QED) is 0.254. The molecule has 4 N–H and O–H groups in total. The van der Waals surface area contributed by atoms with Crippen molar-refractivity contribution in [2.75, 3.05) is 56.8 Å². The molecule has 3 rings (SSSR count). The number of ether oxygens (including phenoxy) is 1. The van der Waals surface area contributed by atoms with Gasteiger partial charge in [0.05, 0.1) is 30.7 Å². The van der Waals surface area contributed by atoms with E-state index in [-0.39, 0.29) is 47.2 Å². The molecule has 1 aromatic heterocycles. The van der Waals surface area contributed by atoms with Crippen LogP contribution >= 0.6 is 0 Å². The summed E-state index contributed by atoms with van der Waals surface area (Å²) in [6.07, 6.45) is 3.75. The van der Waals surface area contributed by atoms with Crippen LogP contribution in [0.4, 0.5) is 16.2 Å². The zero-order valence-electron chi connectivity index (χ0n) is 21.2. The van der Waals surface area contributed by atoms with E-state index in [0.29, 0.717) is 38.9 Å². The molecule has 0 spiro atoms. The Kier molecular flexibility index (Phi) is 10.1. The van der Waals surface area contributed by atoms with Gasteiger partial charge in [-0.1, -0.05) is 6.92 Å². The Bertz CT molecular complexity index is 1170. The summed E-state index contributed by atoms with van der Waals surface area (Å²) in [5, 5.41) is 12.5. The number of benzene rings is 1. The van der Waals surface area contributed by atoms with Crippen LogP contribution in [0, 0.1) is 5.82 Å². The number of aliphatic hydroxyl groups excluding tert-OH is 1. The Balaban J connectivity index is 1.55. The lowest BCUT2D eigenvalue weighted by Gasteiger charge is -2.31. The van der Waals surface area contributed by atoms with Gasteiger partial charge in [0.25, 0.3) is 0 Å². The second kappa shape index (κ2) is 13.1. The number of aromatic nitrogens is 2. The van der Waals surface area contributed by atoms with Gasteiger partial charge in [-0.3, -0.25) is 9.69 Å². The zero-order chi connectivity index (χ0) is 27.0. The topological polar surface area (TPSA) is 151 Å². The molecule has 1 saturated heterocycles. The SMILES string of the molecule is CCCN(CO)CCCS(=O)(=O)N1CCC(Nc2ncc(C(=O)c3cc(F)ccc3OC)c(N)n2)CC1. The lowest BCUT2D eigenvalue weighted by atomic mass is 10.0. The molecule has 0 atom stereocenters. The number of aliphatic hydroxyl groups is 1. The predicted octanol–water partition coefficient (Wildman–Crippen LogP) is 1.70. The average molecular weight is 539 g/mol. The van der Waals surface area contributed by atoms with Crippen LogP contribution in [0.2, 0.25) is 0 Å². The van der Waals surface area contributed by atoms with Crippen molar-refractivity contribution in [2.45, 2.75) is 38.6 Å². The van der Waals surface area contributed by atoms with Gasteiger partial charge in [-0.05, 0) is 43.9 Å². The number of anilines is 2. The number of methoxy groups -OCH3 is 1. The first-order valence-electron chi connectivity index (χ1n) is 12.3. The van der Waals surface area contributed by atoms with Crippen LogP contribution < -0.4 is 15.8 Å². The summed E-state index contributed by atoms with van der Waals surface area (Å²) < 4.78 is 45.8. The third kappa shape index (κ3) is 7.57. The summed E-state index contributed by atoms with van der Waals surface area (Å²) in [6, 6.07) is 3.56. The first kappa shape index (κ1) is 28.7. The highest BCUT2D eigenvalue weighted by Crippen LogP contribution is 2.25. The number of halogens is 1. The highest BCUT2D eigenvalue weighted by molar-refractivity contribution is 7.89. The maximum atomic E-state index is 13.7. The second-order valence-electron chi connectivity index (χ2n) is 8.91. The molecule has 37 heavy (non-hydrogen) atoms. The van der Waals surface area contributed by atoms with E-state index in [4.69, 9.17) is 10.5 Å². The number of hydrogen-bond donors (Lipinski definition) is 3. The molecule has 1 aromatic carbocycles. The summed E-state index contributed by atoms with van der Waals surface area (Å²) in [5.74, 6) is -0.734. The molecule has 0 saturated carbocycles. The Morgan fingerprint density at radius 1 is 1.30 bits per heavy atom. The van der Waals surface area contributed by atoms with Crippen molar-refractivity contribution < 1.29 is 27.4 Å². The van der Waals surface area contributed by atoms with Gasteiger partial charge < -0.3 is 20.9 Å². The number of sulfonamides is 1. The summed E-state index contributed by atoms with van der Waals surface area (Å²) in [4.78, 5) is 23.1. The minimum Gasteiger partial charge on any atom is -0.496 e. The van der Waals surface area contributed by atoms with E-state index < -0.39 is 21.6 Å². The lowest BCUT2D eigenvalue weighted by Crippen LogP contribution is -2.43. The van der Waals surface area contributed by atoms with E-state index in [1.807, 2.05) is 11.8 Å². The Morgan fingerprint density at radius 2 is 2.03 bits per heavy atom. The number of rotatable bonds is 13. The molecule has 1 aliphatic heterocycles. The third-order valence-corrected chi connectivity index (χ3v) is 8.22. The molecular weight excluding hydrogens is 503 g/mol. The minimum absolute atomic E-state index is 0.0153. The molecule has 2 aromatic rings. The third-order valence-electron chi connectivity index (χ3n) is 6.27. The van der Waals surface area contributed by atoms with Crippen LogP contribution in [0.1, 0.15) is 48.5 Å². The van der Waals surface area contributed by atoms with Crippen molar-refractivity contribution in [3.05, 3.63) is 41.3 Å². The molecule has 1 aliphatic rings. The zero-order valence-corrected chi connectivity index (χ0v) is 22.0. The van der Waals surface area contributed by atoms with E-state index >= 15 is 0 Å². The second-order valence-corrected chi connectivity index (χ2v) is 11.0. The Hall–Kier alpha value is -2.87. The molecule has 1 fully saturated rings. The van der Waals surface area contributed by atoms with Crippen LogP contribution in [-0.4, -0.2) is 90.3 Å². The first-order chi connectivity index (χ1) is 17.7. The van der Waals surface area contributed by atoms with Gasteiger partial charge in [0.2, 0.25) is 21.8 Å². The number of hydrogen-bond acceptors (Lipinski definition) is 10. The number of carbonyl (C=O) groups excluding carboxylic acids is 1. The number of piperidine rings is 1. The van der Waals surface area contributed by atoms with Crippen molar-refractivity contribution in [3.8, 4) is 5.75 Å². The molecule has 204 valence electrons. The van der Waals surface area contributed by atoms with Crippen LogP contribution in [0.25, 0.3) is 0 Å². The minimum atomic E-state index is -3.38. The highest BCUT2D eigenvalue weighted by atomic mass is 32.2. The van der Waals surface area contributed by atoms with Crippen LogP contribution in [0.15, 0.2) is 24.4 Å². The molecule has 11 nitrogen and oxygen atoms in total. The molecule has 0 aliphatic carbocycles. The van der Waals surface area contributed by atoms with Crippen molar-refractivity contribution in [1.82, 2.24) is 19.2 Å². The molecule has 13 heteroatoms. The van der Waals surface area contributed by atoms with E-state index in [1.54, 1.807) is 0 Å². The molecule has 0 unspecified atom stereocenters. The van der Waals surface area contributed by atoms with Gasteiger partial charge in [0.15, 0.2) is 0 Å². The monoisotopic (exact) mass is 538 g/mol. The summed E-state index contributed by atoms with van der Waals surface area (Å²) in [7, 11) is -2.00. The van der Waals surface area contributed by atoms with Crippen molar-refractivity contribution in [1.29, 1.82) is 0 Å². The highest BCUT2D eigenvalue weighted by Gasteiger charge is 2.28. The number of nitrogen functional groups attached to an aromatic ring is 1. The van der Waals surface area contributed by atoms with Gasteiger partial charge in [0.1, 0.15) is 17.4 Å². The Labute approximate surface area is 216 Å². The fourth-order valence-corrected chi connectivity index (χ4v) is 5.79. The normalized spacial score (nSPS) is 15.2. The number of nitrogens with zero attached hydrogens (tertiary/aromatic N) is 4. The average Bonchev–Trinajstić information content (AvgIpc) is 2.88. The standard InChI is InChI=1S/C24H35FN6O5S/c1-3-9-30(16-32)10-4-13-37(34,35)31-11-7-18(8-12-31)28-24-27-15-20(23(26)29-24)22(33)19-14-17(25)5-6-21(19)36-2/h5-6,14-15,18,32H,3-4,7-13,16H2,1-2H3,(H3,26,27,28,29). The summed E-state index contributed by atoms with van der Waals surface area (Å²) in [6.45, 7) is 3.92. The molecule has 0 radical (unpaired) electrons. The number of nitrogens with two attached hydrogens (primary N) is 1. The van der Waals surface area contributed by atoms with Gasteiger partial charge in [-0.25, -0.2) is 22.1 Å². The van der Waals surface area contributed by atoms with Crippen molar-refractivity contribution in [2.24, 2.45) is 0 Å². The van der Waals surface area contributed by atoms with E-state index in [0.717, 1.165) is 19.0 Å². The first-order valence-corrected chi connectivity index (χ1v) is 13.9. The number of carbonyl (C=O) groups is 1. The van der Waals surface area contributed by atoms with Gasteiger partial charge in [-0.2, -0.15) is 4.98 Å². The largest absolute Gasteiger partial charge is 0.496 e. The van der Waals surface area contributed by atoms with E-state index in [1.165, 1.54) is 29.7 Å². The molecule has 0 bridgehead atoms. The molecule has 0 amide bonds. The Morgan fingerprint density at radius 3 is 2.65 bits per heavy atom. The molecule has 2 heterocycles. The number of ketones is 1. The fraction of sp³-hybridized carbons (Fsp3) is 0.542. The lowest BCUT2D eigenvalue weighted by molar-refractivity contribution is 0.103. The van der Waals surface area contributed by atoms with E-state index in [9.17, 15) is 22.7 Å².